The Morgan fingerprint density at radius 1 is 1.14 bits per heavy atom. The minimum atomic E-state index is -0.148. The second-order valence-corrected chi connectivity index (χ2v) is 6.16. The van der Waals surface area contributed by atoms with Crippen molar-refractivity contribution in [3.05, 3.63) is 30.3 Å². The summed E-state index contributed by atoms with van der Waals surface area (Å²) in [6, 6.07) is 10.6. The molecule has 1 unspecified atom stereocenters. The van der Waals surface area contributed by atoms with Crippen LogP contribution < -0.4 is 10.2 Å². The van der Waals surface area contributed by atoms with E-state index >= 15 is 0 Å². The highest BCUT2D eigenvalue weighted by atomic mass is 16.3. The first kappa shape index (κ1) is 16.3. The van der Waals surface area contributed by atoms with E-state index in [1.807, 2.05) is 0 Å². The molecule has 0 bridgehead atoms. The van der Waals surface area contributed by atoms with Crippen molar-refractivity contribution in [3.63, 3.8) is 0 Å². The number of aliphatic hydroxyl groups excluding tert-OH is 1. The van der Waals surface area contributed by atoms with Crippen molar-refractivity contribution in [2.24, 2.45) is 0 Å². The van der Waals surface area contributed by atoms with E-state index in [-0.39, 0.29) is 12.1 Å². The lowest BCUT2D eigenvalue weighted by molar-refractivity contribution is 0.144. The molecule has 1 aromatic rings. The highest BCUT2D eigenvalue weighted by Gasteiger charge is 2.24. The topological polar surface area (TPSA) is 38.7 Å². The number of benzene rings is 1. The van der Waals surface area contributed by atoms with E-state index in [1.165, 1.54) is 5.69 Å². The molecule has 1 aliphatic rings. The van der Waals surface area contributed by atoms with Gasteiger partial charge >= 0.3 is 0 Å². The number of anilines is 1. The fourth-order valence-electron chi connectivity index (χ4n) is 2.92. The van der Waals surface area contributed by atoms with E-state index in [2.05, 4.69) is 59.3 Å². The molecule has 0 aromatic heterocycles. The normalized spacial score (nSPS) is 19.5. The van der Waals surface area contributed by atoms with Crippen LogP contribution in [0.5, 0.6) is 0 Å². The Balaban J connectivity index is 1.77. The fourth-order valence-corrected chi connectivity index (χ4v) is 2.92. The first-order valence-electron chi connectivity index (χ1n) is 8.05. The van der Waals surface area contributed by atoms with E-state index in [4.69, 9.17) is 0 Å². The summed E-state index contributed by atoms with van der Waals surface area (Å²) in [5.74, 6) is 0. The van der Waals surface area contributed by atoms with Crippen LogP contribution in [0, 0.1) is 0 Å². The molecule has 2 rings (SSSR count). The van der Waals surface area contributed by atoms with Crippen LogP contribution in [0.1, 0.15) is 20.3 Å². The number of nitrogens with one attached hydrogen (secondary N) is 1. The molecule has 21 heavy (non-hydrogen) atoms. The Kier molecular flexibility index (Phi) is 6.03. The molecule has 0 saturated carbocycles. The molecule has 118 valence electrons. The zero-order chi connectivity index (χ0) is 15.1. The third-order valence-electron chi connectivity index (χ3n) is 4.43. The third-order valence-corrected chi connectivity index (χ3v) is 4.43. The van der Waals surface area contributed by atoms with Crippen molar-refractivity contribution in [1.82, 2.24) is 10.2 Å². The van der Waals surface area contributed by atoms with Gasteiger partial charge in [-0.3, -0.25) is 4.90 Å². The van der Waals surface area contributed by atoms with Gasteiger partial charge in [0.05, 0.1) is 6.61 Å². The van der Waals surface area contributed by atoms with E-state index in [1.54, 1.807) is 0 Å². The second kappa shape index (κ2) is 7.78. The Bertz CT molecular complexity index is 404. The third kappa shape index (κ3) is 4.70. The molecule has 2 N–H and O–H groups in total. The number of likely N-dealkylation sites (N-methyl/N-ethyl adjacent to an activating group) is 1. The predicted octanol–water partition coefficient (Wildman–Crippen LogP) is 1.56. The van der Waals surface area contributed by atoms with E-state index in [9.17, 15) is 5.11 Å². The Labute approximate surface area is 128 Å². The monoisotopic (exact) mass is 291 g/mol. The van der Waals surface area contributed by atoms with Gasteiger partial charge < -0.3 is 15.3 Å². The summed E-state index contributed by atoms with van der Waals surface area (Å²) >= 11 is 0. The molecule has 4 heteroatoms. The Morgan fingerprint density at radius 2 is 1.81 bits per heavy atom. The molecule has 0 radical (unpaired) electrons. The van der Waals surface area contributed by atoms with Crippen molar-refractivity contribution < 1.29 is 5.11 Å². The van der Waals surface area contributed by atoms with Crippen LogP contribution in [0.15, 0.2) is 30.3 Å². The molecule has 4 nitrogen and oxygen atoms in total. The summed E-state index contributed by atoms with van der Waals surface area (Å²) in [5.41, 5.74) is 1.18. The molecule has 0 amide bonds. The average molecular weight is 291 g/mol. The van der Waals surface area contributed by atoms with Crippen LogP contribution in [-0.4, -0.2) is 61.4 Å². The number of aliphatic hydroxyl groups is 1. The largest absolute Gasteiger partial charge is 0.394 e. The molecule has 1 fully saturated rings. The minimum absolute atomic E-state index is 0.148. The maximum atomic E-state index is 9.55. The summed E-state index contributed by atoms with van der Waals surface area (Å²) < 4.78 is 0. The summed E-state index contributed by atoms with van der Waals surface area (Å²) in [6.45, 7) is 10.7. The van der Waals surface area contributed by atoms with Gasteiger partial charge in [-0.15, -0.1) is 0 Å². The molecule has 1 saturated heterocycles. The molecular weight excluding hydrogens is 262 g/mol. The van der Waals surface area contributed by atoms with Crippen LogP contribution >= 0.6 is 0 Å². The summed E-state index contributed by atoms with van der Waals surface area (Å²) in [5, 5.41) is 12.9. The summed E-state index contributed by atoms with van der Waals surface area (Å²) in [7, 11) is 0. The van der Waals surface area contributed by atoms with Gasteiger partial charge in [-0.1, -0.05) is 25.1 Å². The fraction of sp³-hybridized carbons (Fsp3) is 0.647. The zero-order valence-electron chi connectivity index (χ0n) is 13.4. The van der Waals surface area contributed by atoms with Gasteiger partial charge in [-0.05, 0) is 32.0 Å². The first-order chi connectivity index (χ1) is 10.2. The molecule has 0 aliphatic carbocycles. The van der Waals surface area contributed by atoms with E-state index < -0.39 is 0 Å². The number of rotatable bonds is 7. The molecule has 0 spiro atoms. The van der Waals surface area contributed by atoms with Crippen molar-refractivity contribution in [3.8, 4) is 0 Å². The van der Waals surface area contributed by atoms with Crippen LogP contribution in [0.3, 0.4) is 0 Å². The van der Waals surface area contributed by atoms with Gasteiger partial charge in [0.2, 0.25) is 0 Å². The molecule has 1 atom stereocenters. The van der Waals surface area contributed by atoms with E-state index in [0.717, 1.165) is 45.7 Å². The summed E-state index contributed by atoms with van der Waals surface area (Å²) in [6.07, 6.45) is 0.989. The quantitative estimate of drug-likeness (QED) is 0.800. The standard InChI is InChI=1S/C17H29N3O/c1-3-18-17(2,15-21)9-10-19-11-13-20(14-12-19)16-7-5-4-6-8-16/h4-8,18,21H,3,9-15H2,1-2H3. The minimum Gasteiger partial charge on any atom is -0.394 e. The number of para-hydroxylation sites is 1. The molecule has 1 aliphatic heterocycles. The smallest absolute Gasteiger partial charge is 0.0611 e. The number of hydrogen-bond acceptors (Lipinski definition) is 4. The van der Waals surface area contributed by atoms with Gasteiger partial charge in [-0.25, -0.2) is 0 Å². The average Bonchev–Trinajstić information content (AvgIpc) is 2.55. The highest BCUT2D eigenvalue weighted by Crippen LogP contribution is 2.16. The van der Waals surface area contributed by atoms with Crippen LogP contribution in [0.2, 0.25) is 0 Å². The van der Waals surface area contributed by atoms with Gasteiger partial charge in [0.1, 0.15) is 0 Å². The molecule has 1 aromatic carbocycles. The van der Waals surface area contributed by atoms with Crippen LogP contribution in [0.25, 0.3) is 0 Å². The lowest BCUT2D eigenvalue weighted by Gasteiger charge is -2.38. The zero-order valence-corrected chi connectivity index (χ0v) is 13.4. The Morgan fingerprint density at radius 3 is 2.38 bits per heavy atom. The first-order valence-corrected chi connectivity index (χ1v) is 8.05. The van der Waals surface area contributed by atoms with E-state index in [0.29, 0.717) is 0 Å². The lowest BCUT2D eigenvalue weighted by atomic mass is 9.98. The molecular formula is C17H29N3O. The maximum Gasteiger partial charge on any atom is 0.0611 e. The number of nitrogens with zero attached hydrogens (tertiary/aromatic N) is 2. The lowest BCUT2D eigenvalue weighted by Crippen LogP contribution is -2.51. The predicted molar refractivity (Wildman–Crippen MR) is 88.9 cm³/mol. The van der Waals surface area contributed by atoms with Crippen LogP contribution in [-0.2, 0) is 0 Å². The second-order valence-electron chi connectivity index (χ2n) is 6.16. The SMILES string of the molecule is CCNC(C)(CO)CCN1CCN(c2ccccc2)CC1. The van der Waals surface area contributed by atoms with Crippen molar-refractivity contribution in [1.29, 1.82) is 0 Å². The highest BCUT2D eigenvalue weighted by molar-refractivity contribution is 5.46. The van der Waals surface area contributed by atoms with Crippen LogP contribution in [0.4, 0.5) is 5.69 Å². The van der Waals surface area contributed by atoms with Gasteiger partial charge in [0.25, 0.3) is 0 Å². The maximum absolute atomic E-state index is 9.55. The number of piperazine rings is 1. The molecule has 1 heterocycles. The van der Waals surface area contributed by atoms with Crippen molar-refractivity contribution in [2.75, 3.05) is 50.8 Å². The summed E-state index contributed by atoms with van der Waals surface area (Å²) in [4.78, 5) is 4.96. The number of hydrogen-bond donors (Lipinski definition) is 2. The van der Waals surface area contributed by atoms with Gasteiger partial charge in [0, 0.05) is 44.0 Å². The van der Waals surface area contributed by atoms with Crippen molar-refractivity contribution in [2.45, 2.75) is 25.8 Å². The van der Waals surface area contributed by atoms with Gasteiger partial charge in [-0.2, -0.15) is 0 Å². The van der Waals surface area contributed by atoms with Gasteiger partial charge in [0.15, 0.2) is 0 Å². The Hall–Kier alpha value is -1.10. The van der Waals surface area contributed by atoms with Crippen molar-refractivity contribution >= 4 is 5.69 Å².